The van der Waals surface area contributed by atoms with Gasteiger partial charge in [0.2, 0.25) is 0 Å². The molecule has 0 heterocycles. The van der Waals surface area contributed by atoms with Gasteiger partial charge in [-0.25, -0.2) is 4.79 Å². The van der Waals surface area contributed by atoms with Crippen LogP contribution in [0.1, 0.15) is 24.5 Å². The Labute approximate surface area is 105 Å². The van der Waals surface area contributed by atoms with Crippen LogP contribution in [0.25, 0.3) is 0 Å². The van der Waals surface area contributed by atoms with E-state index in [1.165, 1.54) is 7.11 Å². The van der Waals surface area contributed by atoms with Crippen LogP contribution in [-0.4, -0.2) is 18.2 Å². The highest BCUT2D eigenvalue weighted by molar-refractivity contribution is 6.30. The van der Waals surface area contributed by atoms with E-state index < -0.39 is 11.5 Å². The van der Waals surface area contributed by atoms with Gasteiger partial charge in [0.15, 0.2) is 0 Å². The Hall–Kier alpha value is -1.26. The maximum atomic E-state index is 11.3. The van der Waals surface area contributed by atoms with Crippen molar-refractivity contribution in [2.24, 2.45) is 5.73 Å². The van der Waals surface area contributed by atoms with Crippen molar-refractivity contribution in [3.05, 3.63) is 28.3 Å². The Kier molecular flexibility index (Phi) is 4.01. The first-order valence-corrected chi connectivity index (χ1v) is 5.61. The van der Waals surface area contributed by atoms with Crippen LogP contribution in [0.4, 0.5) is 0 Å². The zero-order valence-corrected chi connectivity index (χ0v) is 10.8. The van der Waals surface area contributed by atoms with Gasteiger partial charge in [0.25, 0.3) is 0 Å². The number of aliphatic carboxylic acids is 1. The minimum absolute atomic E-state index is 0.248. The molecular weight excluding hydrogens is 242 g/mol. The van der Waals surface area contributed by atoms with Crippen molar-refractivity contribution in [2.45, 2.75) is 25.8 Å². The molecule has 4 nitrogen and oxygen atoms in total. The van der Waals surface area contributed by atoms with Crippen molar-refractivity contribution in [1.29, 1.82) is 0 Å². The summed E-state index contributed by atoms with van der Waals surface area (Å²) in [4.78, 5) is 11.3. The molecule has 0 aliphatic heterocycles. The van der Waals surface area contributed by atoms with E-state index in [4.69, 9.17) is 22.1 Å². The third-order valence-corrected chi connectivity index (χ3v) is 3.08. The summed E-state index contributed by atoms with van der Waals surface area (Å²) in [5.74, 6) is -0.624. The molecule has 0 aliphatic carbocycles. The zero-order valence-electron chi connectivity index (χ0n) is 10.1. The minimum Gasteiger partial charge on any atom is -0.496 e. The second-order valence-electron chi connectivity index (χ2n) is 3.93. The van der Waals surface area contributed by atoms with Gasteiger partial charge in [-0.2, -0.15) is 0 Å². The monoisotopic (exact) mass is 257 g/mol. The lowest BCUT2D eigenvalue weighted by molar-refractivity contribution is -0.143. The summed E-state index contributed by atoms with van der Waals surface area (Å²) < 4.78 is 5.23. The maximum Gasteiger partial charge on any atom is 0.328 e. The van der Waals surface area contributed by atoms with Crippen molar-refractivity contribution < 1.29 is 14.6 Å². The third-order valence-electron chi connectivity index (χ3n) is 2.86. The van der Waals surface area contributed by atoms with Gasteiger partial charge in [0.1, 0.15) is 11.3 Å². The fourth-order valence-corrected chi connectivity index (χ4v) is 2.06. The van der Waals surface area contributed by atoms with Crippen LogP contribution in [0.5, 0.6) is 5.75 Å². The van der Waals surface area contributed by atoms with E-state index in [-0.39, 0.29) is 6.42 Å². The van der Waals surface area contributed by atoms with Crippen molar-refractivity contribution in [3.8, 4) is 5.75 Å². The molecule has 3 N–H and O–H groups in total. The van der Waals surface area contributed by atoms with Crippen molar-refractivity contribution in [3.63, 3.8) is 0 Å². The maximum absolute atomic E-state index is 11.3. The SMILES string of the molecule is CCC(N)(C(=O)O)c1cc(Cl)cc(C)c1OC. The molecule has 0 bridgehead atoms. The fourth-order valence-electron chi connectivity index (χ4n) is 1.79. The number of hydrogen-bond donors (Lipinski definition) is 2. The molecular formula is C12H16ClNO3. The highest BCUT2D eigenvalue weighted by Gasteiger charge is 2.37. The predicted octanol–water partition coefficient (Wildman–Crippen LogP) is 2.31. The summed E-state index contributed by atoms with van der Waals surface area (Å²) in [6.07, 6.45) is 0.248. The van der Waals surface area contributed by atoms with Crippen LogP contribution < -0.4 is 10.5 Å². The predicted molar refractivity (Wildman–Crippen MR) is 66.5 cm³/mol. The van der Waals surface area contributed by atoms with Gasteiger partial charge < -0.3 is 15.6 Å². The van der Waals surface area contributed by atoms with E-state index in [0.29, 0.717) is 16.3 Å². The second-order valence-corrected chi connectivity index (χ2v) is 4.37. The molecule has 0 amide bonds. The number of halogens is 1. The quantitative estimate of drug-likeness (QED) is 0.868. The van der Waals surface area contributed by atoms with Gasteiger partial charge in [-0.3, -0.25) is 0 Å². The van der Waals surface area contributed by atoms with Crippen molar-refractivity contribution in [2.75, 3.05) is 7.11 Å². The van der Waals surface area contributed by atoms with Crippen LogP contribution >= 0.6 is 11.6 Å². The smallest absolute Gasteiger partial charge is 0.328 e. The van der Waals surface area contributed by atoms with Gasteiger partial charge in [-0.15, -0.1) is 0 Å². The molecule has 94 valence electrons. The minimum atomic E-state index is -1.49. The molecule has 0 aliphatic rings. The average molecular weight is 258 g/mol. The van der Waals surface area contributed by atoms with Crippen LogP contribution in [0.3, 0.4) is 0 Å². The first-order valence-electron chi connectivity index (χ1n) is 5.23. The van der Waals surface area contributed by atoms with Crippen molar-refractivity contribution in [1.82, 2.24) is 0 Å². The Bertz CT molecular complexity index is 448. The van der Waals surface area contributed by atoms with Gasteiger partial charge in [-0.05, 0) is 31.0 Å². The number of ether oxygens (including phenoxy) is 1. The Balaban J connectivity index is 3.53. The van der Waals surface area contributed by atoms with Crippen LogP contribution in [0.2, 0.25) is 5.02 Å². The molecule has 1 unspecified atom stereocenters. The molecule has 0 aromatic heterocycles. The molecule has 0 fully saturated rings. The summed E-state index contributed by atoms with van der Waals surface area (Å²) in [5, 5.41) is 9.71. The summed E-state index contributed by atoms with van der Waals surface area (Å²) in [6.45, 7) is 3.51. The topological polar surface area (TPSA) is 72.6 Å². The summed E-state index contributed by atoms with van der Waals surface area (Å²) in [5.41, 5.74) is 5.62. The first kappa shape index (κ1) is 13.8. The lowest BCUT2D eigenvalue weighted by Crippen LogP contribution is -2.44. The number of methoxy groups -OCH3 is 1. The number of carboxylic acids is 1. The standard InChI is InChI=1S/C12H16ClNO3/c1-4-12(14,11(15)16)9-6-8(13)5-7(2)10(9)17-3/h5-6H,4,14H2,1-3H3,(H,15,16). The largest absolute Gasteiger partial charge is 0.496 e. The zero-order chi connectivity index (χ0) is 13.2. The number of carboxylic acid groups (broad SMARTS) is 1. The van der Waals surface area contributed by atoms with E-state index in [2.05, 4.69) is 0 Å². The number of benzene rings is 1. The molecule has 1 aromatic rings. The lowest BCUT2D eigenvalue weighted by Gasteiger charge is -2.26. The van der Waals surface area contributed by atoms with E-state index in [9.17, 15) is 9.90 Å². The number of rotatable bonds is 4. The highest BCUT2D eigenvalue weighted by atomic mass is 35.5. The van der Waals surface area contributed by atoms with Gasteiger partial charge in [0, 0.05) is 10.6 Å². The molecule has 1 aromatic carbocycles. The van der Waals surface area contributed by atoms with Gasteiger partial charge in [-0.1, -0.05) is 18.5 Å². The lowest BCUT2D eigenvalue weighted by atomic mass is 9.86. The molecule has 0 saturated heterocycles. The van der Waals surface area contributed by atoms with Crippen molar-refractivity contribution >= 4 is 17.6 Å². The Morgan fingerprint density at radius 3 is 2.59 bits per heavy atom. The molecule has 5 heteroatoms. The highest BCUT2D eigenvalue weighted by Crippen LogP contribution is 2.36. The first-order chi connectivity index (χ1) is 7.86. The number of nitrogens with two attached hydrogens (primary N) is 1. The number of hydrogen-bond acceptors (Lipinski definition) is 3. The van der Waals surface area contributed by atoms with E-state index in [1.807, 2.05) is 0 Å². The molecule has 0 spiro atoms. The third kappa shape index (κ3) is 2.37. The second kappa shape index (κ2) is 4.94. The molecule has 0 radical (unpaired) electrons. The van der Waals surface area contributed by atoms with Gasteiger partial charge in [0.05, 0.1) is 7.11 Å². The average Bonchev–Trinajstić information content (AvgIpc) is 2.26. The number of carbonyl (C=O) groups is 1. The molecule has 0 saturated carbocycles. The summed E-state index contributed by atoms with van der Waals surface area (Å²) in [7, 11) is 1.48. The van der Waals surface area contributed by atoms with E-state index >= 15 is 0 Å². The van der Waals surface area contributed by atoms with Crippen LogP contribution in [0, 0.1) is 6.92 Å². The molecule has 1 rings (SSSR count). The summed E-state index contributed by atoms with van der Waals surface area (Å²) >= 11 is 5.94. The molecule has 17 heavy (non-hydrogen) atoms. The Morgan fingerprint density at radius 2 is 2.18 bits per heavy atom. The van der Waals surface area contributed by atoms with Crippen LogP contribution in [-0.2, 0) is 10.3 Å². The number of aryl methyl sites for hydroxylation is 1. The van der Waals surface area contributed by atoms with E-state index in [0.717, 1.165) is 5.56 Å². The van der Waals surface area contributed by atoms with Gasteiger partial charge >= 0.3 is 5.97 Å². The summed E-state index contributed by atoms with van der Waals surface area (Å²) in [6, 6.07) is 3.26. The molecule has 1 atom stereocenters. The fraction of sp³-hybridized carbons (Fsp3) is 0.417. The van der Waals surface area contributed by atoms with Crippen LogP contribution in [0.15, 0.2) is 12.1 Å². The normalized spacial score (nSPS) is 14.2. The van der Waals surface area contributed by atoms with E-state index in [1.54, 1.807) is 26.0 Å². The Morgan fingerprint density at radius 1 is 1.59 bits per heavy atom.